The van der Waals surface area contributed by atoms with Gasteiger partial charge in [-0.25, -0.2) is 8.42 Å². The van der Waals surface area contributed by atoms with E-state index in [1.165, 1.54) is 12.1 Å². The first-order chi connectivity index (χ1) is 14.6. The van der Waals surface area contributed by atoms with E-state index >= 15 is 0 Å². The van der Waals surface area contributed by atoms with Gasteiger partial charge in [0, 0.05) is 29.8 Å². The second-order valence-corrected chi connectivity index (χ2v) is 8.50. The van der Waals surface area contributed by atoms with Crippen LogP contribution in [0.25, 0.3) is 0 Å². The average Bonchev–Trinajstić information content (AvgIpc) is 2.80. The van der Waals surface area contributed by atoms with E-state index in [0.29, 0.717) is 29.9 Å². The minimum absolute atomic E-state index is 0.146. The number of carbonyl (C=O) groups is 1. The van der Waals surface area contributed by atoms with Gasteiger partial charge in [-0.2, -0.15) is 0 Å². The van der Waals surface area contributed by atoms with Crippen LogP contribution in [0, 0.1) is 0 Å². The van der Waals surface area contributed by atoms with Gasteiger partial charge in [-0.3, -0.25) is 14.5 Å². The van der Waals surface area contributed by atoms with E-state index in [2.05, 4.69) is 9.71 Å². The number of rotatable bonds is 6. The fraction of sp³-hybridized carbons (Fsp3) is 0.0833. The molecule has 0 radical (unpaired) electrons. The first-order valence-electron chi connectivity index (χ1n) is 9.57. The molecule has 0 amide bonds. The number of allylic oxidation sites excluding steroid dienone is 1. The molecule has 3 aromatic carbocycles. The maximum absolute atomic E-state index is 13.4. The van der Waals surface area contributed by atoms with Gasteiger partial charge in [0.05, 0.1) is 16.2 Å². The molecule has 3 aromatic rings. The second-order valence-electron chi connectivity index (χ2n) is 6.81. The minimum atomic E-state index is -3.83. The standard InChI is InChI=1S/C24H20N2O3S/c27-24(19-12-6-2-7-13-19)22-21(26-30(28,29)20-14-8-3-9-15-20)16-17-25-23(22)18-10-4-1-5-11-18/h1-15,26H,16-17H2. The van der Waals surface area contributed by atoms with Crippen molar-refractivity contribution < 1.29 is 13.2 Å². The summed E-state index contributed by atoms with van der Waals surface area (Å²) in [4.78, 5) is 18.2. The van der Waals surface area contributed by atoms with Gasteiger partial charge in [-0.1, -0.05) is 78.9 Å². The molecule has 0 aliphatic carbocycles. The van der Waals surface area contributed by atoms with Crippen molar-refractivity contribution in [1.29, 1.82) is 0 Å². The van der Waals surface area contributed by atoms with Gasteiger partial charge in [-0.05, 0) is 12.1 Å². The van der Waals surface area contributed by atoms with Gasteiger partial charge >= 0.3 is 0 Å². The fourth-order valence-electron chi connectivity index (χ4n) is 3.36. The predicted octanol–water partition coefficient (Wildman–Crippen LogP) is 3.99. The van der Waals surface area contributed by atoms with E-state index in [0.717, 1.165) is 5.56 Å². The number of carbonyl (C=O) groups excluding carboxylic acids is 1. The summed E-state index contributed by atoms with van der Waals surface area (Å²) >= 11 is 0. The van der Waals surface area contributed by atoms with Crippen molar-refractivity contribution in [3.63, 3.8) is 0 Å². The quantitative estimate of drug-likeness (QED) is 0.617. The molecule has 6 heteroatoms. The molecule has 1 heterocycles. The van der Waals surface area contributed by atoms with E-state index in [-0.39, 0.29) is 16.3 Å². The molecule has 0 aromatic heterocycles. The molecule has 0 saturated heterocycles. The Bertz CT molecular complexity index is 1220. The van der Waals surface area contributed by atoms with E-state index < -0.39 is 10.0 Å². The number of dihydropyridines is 1. The molecular formula is C24H20N2O3S. The van der Waals surface area contributed by atoms with Crippen LogP contribution in [0.3, 0.4) is 0 Å². The zero-order valence-corrected chi connectivity index (χ0v) is 17.0. The molecular weight excluding hydrogens is 396 g/mol. The highest BCUT2D eigenvalue weighted by Crippen LogP contribution is 2.25. The summed E-state index contributed by atoms with van der Waals surface area (Å²) in [5.41, 5.74) is 2.41. The summed E-state index contributed by atoms with van der Waals surface area (Å²) in [6, 6.07) is 26.3. The molecule has 1 aliphatic heterocycles. The lowest BCUT2D eigenvalue weighted by molar-refractivity contribution is 0.103. The predicted molar refractivity (Wildman–Crippen MR) is 117 cm³/mol. The van der Waals surface area contributed by atoms with E-state index in [1.807, 2.05) is 36.4 Å². The molecule has 0 fully saturated rings. The van der Waals surface area contributed by atoms with Crippen LogP contribution in [0.1, 0.15) is 22.3 Å². The highest BCUT2D eigenvalue weighted by Gasteiger charge is 2.28. The normalized spacial score (nSPS) is 14.2. The lowest BCUT2D eigenvalue weighted by Gasteiger charge is -2.22. The van der Waals surface area contributed by atoms with Gasteiger partial charge in [0.1, 0.15) is 0 Å². The Morgan fingerprint density at radius 2 is 1.37 bits per heavy atom. The van der Waals surface area contributed by atoms with Crippen LogP contribution in [0.2, 0.25) is 0 Å². The Balaban J connectivity index is 1.83. The Kier molecular flexibility index (Phi) is 5.59. The molecule has 4 rings (SSSR count). The Hall–Kier alpha value is -3.51. The van der Waals surface area contributed by atoms with E-state index in [9.17, 15) is 13.2 Å². The molecule has 0 saturated carbocycles. The number of hydrogen-bond donors (Lipinski definition) is 1. The highest BCUT2D eigenvalue weighted by molar-refractivity contribution is 7.89. The number of nitrogens with one attached hydrogen (secondary N) is 1. The molecule has 30 heavy (non-hydrogen) atoms. The topological polar surface area (TPSA) is 75.6 Å². The number of Topliss-reactive ketones (excluding diaryl/α,β-unsaturated/α-hetero) is 1. The molecule has 0 spiro atoms. The van der Waals surface area contributed by atoms with Gasteiger partial charge in [-0.15, -0.1) is 0 Å². The zero-order valence-electron chi connectivity index (χ0n) is 16.2. The lowest BCUT2D eigenvalue weighted by Crippen LogP contribution is -2.31. The maximum Gasteiger partial charge on any atom is 0.261 e. The summed E-state index contributed by atoms with van der Waals surface area (Å²) in [5, 5.41) is 0. The first kappa shape index (κ1) is 19.8. The minimum Gasteiger partial charge on any atom is -0.288 e. The van der Waals surface area contributed by atoms with E-state index in [1.54, 1.807) is 42.5 Å². The lowest BCUT2D eigenvalue weighted by atomic mass is 9.91. The van der Waals surface area contributed by atoms with Gasteiger partial charge in [0.15, 0.2) is 5.78 Å². The second kappa shape index (κ2) is 8.47. The maximum atomic E-state index is 13.4. The van der Waals surface area contributed by atoms with Crippen LogP contribution in [-0.4, -0.2) is 26.5 Å². The summed E-state index contributed by atoms with van der Waals surface area (Å²) < 4.78 is 28.6. The smallest absolute Gasteiger partial charge is 0.261 e. The van der Waals surface area contributed by atoms with Crippen LogP contribution < -0.4 is 4.72 Å². The number of ketones is 1. The van der Waals surface area contributed by atoms with Crippen molar-refractivity contribution in [3.8, 4) is 0 Å². The van der Waals surface area contributed by atoms with Crippen molar-refractivity contribution in [1.82, 2.24) is 4.72 Å². The highest BCUT2D eigenvalue weighted by atomic mass is 32.2. The van der Waals surface area contributed by atoms with E-state index in [4.69, 9.17) is 0 Å². The van der Waals surface area contributed by atoms with Crippen molar-refractivity contribution >= 4 is 21.5 Å². The fourth-order valence-corrected chi connectivity index (χ4v) is 4.52. The third-order valence-electron chi connectivity index (χ3n) is 4.79. The van der Waals surface area contributed by atoms with Crippen LogP contribution in [0.15, 0.2) is 112 Å². The number of hydrogen-bond acceptors (Lipinski definition) is 4. The van der Waals surface area contributed by atoms with Crippen LogP contribution in [-0.2, 0) is 10.0 Å². The van der Waals surface area contributed by atoms with Gasteiger partial charge in [0.2, 0.25) is 0 Å². The number of benzene rings is 3. The largest absolute Gasteiger partial charge is 0.288 e. The van der Waals surface area contributed by atoms with Crippen LogP contribution >= 0.6 is 0 Å². The molecule has 0 atom stereocenters. The SMILES string of the molecule is O=C(C1=C(NS(=O)(=O)c2ccccc2)CCN=C1c1ccccc1)c1ccccc1. The zero-order chi connectivity index (χ0) is 21.0. The van der Waals surface area contributed by atoms with Gasteiger partial charge < -0.3 is 0 Å². The first-order valence-corrected chi connectivity index (χ1v) is 11.1. The summed E-state index contributed by atoms with van der Waals surface area (Å²) in [6.07, 6.45) is 0.330. The molecule has 0 unspecified atom stereocenters. The van der Waals surface area contributed by atoms with Crippen molar-refractivity contribution in [2.75, 3.05) is 6.54 Å². The van der Waals surface area contributed by atoms with Gasteiger partial charge in [0.25, 0.3) is 10.0 Å². The molecule has 150 valence electrons. The molecule has 1 aliphatic rings. The summed E-state index contributed by atoms with van der Waals surface area (Å²) in [5.74, 6) is -0.260. The Morgan fingerprint density at radius 3 is 2.00 bits per heavy atom. The van der Waals surface area contributed by atoms with Crippen molar-refractivity contribution in [3.05, 3.63) is 113 Å². The van der Waals surface area contributed by atoms with Crippen LogP contribution in [0.4, 0.5) is 0 Å². The third kappa shape index (κ3) is 4.09. The monoisotopic (exact) mass is 416 g/mol. The summed E-state index contributed by atoms with van der Waals surface area (Å²) in [7, 11) is -3.83. The van der Waals surface area contributed by atoms with Crippen molar-refractivity contribution in [2.45, 2.75) is 11.3 Å². The van der Waals surface area contributed by atoms with Crippen LogP contribution in [0.5, 0.6) is 0 Å². The molecule has 5 nitrogen and oxygen atoms in total. The molecule has 0 bridgehead atoms. The Morgan fingerprint density at radius 1 is 0.800 bits per heavy atom. The third-order valence-corrected chi connectivity index (χ3v) is 6.20. The molecule has 1 N–H and O–H groups in total. The van der Waals surface area contributed by atoms with Crippen molar-refractivity contribution in [2.24, 2.45) is 4.99 Å². The average molecular weight is 417 g/mol. The number of sulfonamides is 1. The Labute approximate surface area is 175 Å². The number of nitrogens with zero attached hydrogens (tertiary/aromatic N) is 1. The summed E-state index contributed by atoms with van der Waals surface area (Å²) in [6.45, 7) is 0.391. The number of aliphatic imine (C=N–C) groups is 1.